The van der Waals surface area contributed by atoms with E-state index in [4.69, 9.17) is 9.84 Å². The molecule has 1 fully saturated rings. The first-order valence-corrected chi connectivity index (χ1v) is 10.5. The number of ether oxygens (including phenoxy) is 1. The van der Waals surface area contributed by atoms with Crippen LogP contribution >= 0.6 is 11.8 Å². The van der Waals surface area contributed by atoms with E-state index in [0.29, 0.717) is 11.8 Å². The Morgan fingerprint density at radius 1 is 1.10 bits per heavy atom. The Kier molecular flexibility index (Phi) is 6.28. The lowest BCUT2D eigenvalue weighted by Gasteiger charge is -2.07. The summed E-state index contributed by atoms with van der Waals surface area (Å²) in [5.74, 6) is -0.652. The van der Waals surface area contributed by atoms with Gasteiger partial charge in [-0.05, 0) is 52.2 Å². The number of carboxylic acid groups (broad SMARTS) is 1. The van der Waals surface area contributed by atoms with Crippen molar-refractivity contribution in [3.05, 3.63) is 77.9 Å². The predicted molar refractivity (Wildman–Crippen MR) is 122 cm³/mol. The summed E-state index contributed by atoms with van der Waals surface area (Å²) in [6, 6.07) is 21.9. The van der Waals surface area contributed by atoms with Crippen LogP contribution in [0.4, 0.5) is 0 Å². The Morgan fingerprint density at radius 2 is 1.87 bits per heavy atom. The van der Waals surface area contributed by atoms with Crippen LogP contribution < -0.4 is 10.1 Å². The zero-order chi connectivity index (χ0) is 21.6. The molecular weight excluding hydrogens is 414 g/mol. The standard InChI is InChI=1S/C23H19N3O4S/c27-21(28)12-20-22(29)25-23(31-20)26-24-13-15-6-9-19(10-7-15)30-14-16-5-8-17-3-1-2-4-18(17)11-16/h1-11,13,20H,12,14H2,(H,27,28)(H,25,26,29). The van der Waals surface area contributed by atoms with Gasteiger partial charge in [-0.1, -0.05) is 48.2 Å². The monoisotopic (exact) mass is 433 g/mol. The van der Waals surface area contributed by atoms with Gasteiger partial charge >= 0.3 is 5.97 Å². The molecule has 1 atom stereocenters. The van der Waals surface area contributed by atoms with Gasteiger partial charge in [-0.15, -0.1) is 5.10 Å². The number of nitrogens with one attached hydrogen (secondary N) is 1. The molecule has 8 heteroatoms. The van der Waals surface area contributed by atoms with E-state index in [1.165, 1.54) is 10.8 Å². The lowest BCUT2D eigenvalue weighted by atomic mass is 10.1. The molecule has 1 aliphatic heterocycles. The first-order chi connectivity index (χ1) is 15.1. The molecule has 1 saturated heterocycles. The fourth-order valence-corrected chi connectivity index (χ4v) is 3.95. The number of thioether (sulfide) groups is 1. The number of benzene rings is 3. The third kappa shape index (κ3) is 5.49. The second kappa shape index (κ2) is 9.44. The Bertz CT molecular complexity index is 1170. The van der Waals surface area contributed by atoms with Gasteiger partial charge in [-0.3, -0.25) is 9.59 Å². The van der Waals surface area contributed by atoms with Gasteiger partial charge in [0.05, 0.1) is 12.6 Å². The fraction of sp³-hybridized carbons (Fsp3) is 0.130. The Balaban J connectivity index is 1.31. The summed E-state index contributed by atoms with van der Waals surface area (Å²) < 4.78 is 5.87. The molecule has 3 aromatic carbocycles. The van der Waals surface area contributed by atoms with E-state index >= 15 is 0 Å². The van der Waals surface area contributed by atoms with Crippen LogP contribution in [0.25, 0.3) is 10.8 Å². The summed E-state index contributed by atoms with van der Waals surface area (Å²) in [6.45, 7) is 0.473. The summed E-state index contributed by atoms with van der Waals surface area (Å²) in [4.78, 5) is 22.4. The van der Waals surface area contributed by atoms with Crippen molar-refractivity contribution < 1.29 is 19.4 Å². The molecule has 0 bridgehead atoms. The van der Waals surface area contributed by atoms with Crippen molar-refractivity contribution in [2.75, 3.05) is 0 Å². The maximum Gasteiger partial charge on any atom is 0.305 e. The Hall–Kier alpha value is -3.65. The second-order valence-corrected chi connectivity index (χ2v) is 8.07. The molecule has 31 heavy (non-hydrogen) atoms. The highest BCUT2D eigenvalue weighted by molar-refractivity contribution is 8.15. The number of carbonyl (C=O) groups is 2. The van der Waals surface area contributed by atoms with Gasteiger partial charge in [0.25, 0.3) is 0 Å². The van der Waals surface area contributed by atoms with Gasteiger partial charge in [-0.2, -0.15) is 5.10 Å². The van der Waals surface area contributed by atoms with Crippen molar-refractivity contribution in [3.8, 4) is 5.75 Å². The highest BCUT2D eigenvalue weighted by Gasteiger charge is 2.32. The SMILES string of the molecule is O=C(O)CC1SC(=NN=Cc2ccc(OCc3ccc4ccccc4c3)cc2)NC1=O. The number of hydrogen-bond donors (Lipinski definition) is 2. The van der Waals surface area contributed by atoms with E-state index in [-0.39, 0.29) is 12.3 Å². The van der Waals surface area contributed by atoms with Crippen molar-refractivity contribution in [1.29, 1.82) is 0 Å². The van der Waals surface area contributed by atoms with Crippen LogP contribution in [0.15, 0.2) is 76.9 Å². The minimum absolute atomic E-state index is 0.250. The average molecular weight is 433 g/mol. The van der Waals surface area contributed by atoms with Crippen molar-refractivity contribution >= 4 is 45.8 Å². The van der Waals surface area contributed by atoms with E-state index in [1.54, 1.807) is 6.21 Å². The number of aliphatic carboxylic acids is 1. The van der Waals surface area contributed by atoms with E-state index in [0.717, 1.165) is 28.6 Å². The lowest BCUT2D eigenvalue weighted by molar-refractivity contribution is -0.138. The van der Waals surface area contributed by atoms with Crippen molar-refractivity contribution in [2.24, 2.45) is 10.2 Å². The molecule has 1 amide bonds. The summed E-state index contributed by atoms with van der Waals surface area (Å²) >= 11 is 1.06. The maximum atomic E-state index is 11.7. The number of carboxylic acids is 1. The molecule has 1 aliphatic rings. The summed E-state index contributed by atoms with van der Waals surface area (Å²) in [6.07, 6.45) is 1.30. The number of fused-ring (bicyclic) bond motifs is 1. The molecule has 2 N–H and O–H groups in total. The fourth-order valence-electron chi connectivity index (χ4n) is 3.04. The van der Waals surface area contributed by atoms with E-state index in [9.17, 15) is 9.59 Å². The topological polar surface area (TPSA) is 100 Å². The average Bonchev–Trinajstić information content (AvgIpc) is 3.11. The normalized spacial score (nSPS) is 17.4. The zero-order valence-corrected chi connectivity index (χ0v) is 17.2. The third-order valence-electron chi connectivity index (χ3n) is 4.59. The van der Waals surface area contributed by atoms with E-state index in [2.05, 4.69) is 45.9 Å². The largest absolute Gasteiger partial charge is 0.489 e. The Labute approximate surface area is 182 Å². The predicted octanol–water partition coefficient (Wildman–Crippen LogP) is 3.82. The van der Waals surface area contributed by atoms with Gasteiger partial charge in [0.1, 0.15) is 17.6 Å². The number of nitrogens with zero attached hydrogens (tertiary/aromatic N) is 2. The molecule has 7 nitrogen and oxygen atoms in total. The highest BCUT2D eigenvalue weighted by Crippen LogP contribution is 2.22. The summed E-state index contributed by atoms with van der Waals surface area (Å²) in [5, 5.41) is 21.2. The van der Waals surface area contributed by atoms with Crippen molar-refractivity contribution in [1.82, 2.24) is 5.32 Å². The quantitative estimate of drug-likeness (QED) is 0.436. The van der Waals surface area contributed by atoms with Gasteiger partial charge < -0.3 is 15.2 Å². The third-order valence-corrected chi connectivity index (χ3v) is 5.66. The van der Waals surface area contributed by atoms with Gasteiger partial charge in [0.15, 0.2) is 5.17 Å². The number of amidine groups is 1. The van der Waals surface area contributed by atoms with Crippen molar-refractivity contribution in [2.45, 2.75) is 18.3 Å². The first kappa shape index (κ1) is 20.6. The van der Waals surface area contributed by atoms with Gasteiger partial charge in [-0.25, -0.2) is 0 Å². The van der Waals surface area contributed by atoms with Gasteiger partial charge in [0, 0.05) is 0 Å². The molecule has 4 rings (SSSR count). The molecular formula is C23H19N3O4S. The van der Waals surface area contributed by atoms with Crippen LogP contribution in [-0.2, 0) is 16.2 Å². The van der Waals surface area contributed by atoms with Crippen LogP contribution in [0.3, 0.4) is 0 Å². The molecule has 0 saturated carbocycles. The number of amides is 1. The van der Waals surface area contributed by atoms with Crippen LogP contribution in [-0.4, -0.2) is 33.6 Å². The number of hydrogen-bond acceptors (Lipinski definition) is 6. The molecule has 0 spiro atoms. The first-order valence-electron chi connectivity index (χ1n) is 9.58. The summed E-state index contributed by atoms with van der Waals surface area (Å²) in [7, 11) is 0. The van der Waals surface area contributed by atoms with Crippen LogP contribution in [0, 0.1) is 0 Å². The Morgan fingerprint density at radius 3 is 2.65 bits per heavy atom. The van der Waals surface area contributed by atoms with Gasteiger partial charge in [0.2, 0.25) is 5.91 Å². The minimum Gasteiger partial charge on any atom is -0.489 e. The van der Waals surface area contributed by atoms with Crippen LogP contribution in [0.5, 0.6) is 5.75 Å². The molecule has 3 aromatic rings. The van der Waals surface area contributed by atoms with Crippen LogP contribution in [0.2, 0.25) is 0 Å². The molecule has 0 radical (unpaired) electrons. The van der Waals surface area contributed by atoms with Crippen molar-refractivity contribution in [3.63, 3.8) is 0 Å². The van der Waals surface area contributed by atoms with E-state index in [1.807, 2.05) is 36.4 Å². The molecule has 1 unspecified atom stereocenters. The molecule has 156 valence electrons. The zero-order valence-electron chi connectivity index (χ0n) is 16.4. The van der Waals surface area contributed by atoms with Crippen LogP contribution in [0.1, 0.15) is 17.5 Å². The maximum absolute atomic E-state index is 11.7. The smallest absolute Gasteiger partial charge is 0.305 e. The lowest BCUT2D eigenvalue weighted by Crippen LogP contribution is -2.26. The second-order valence-electron chi connectivity index (χ2n) is 6.88. The van der Waals surface area contributed by atoms with E-state index < -0.39 is 11.2 Å². The number of rotatable bonds is 7. The number of carbonyl (C=O) groups excluding carboxylic acids is 1. The highest BCUT2D eigenvalue weighted by atomic mass is 32.2. The molecule has 1 heterocycles. The minimum atomic E-state index is -1.03. The molecule has 0 aliphatic carbocycles. The summed E-state index contributed by atoms with van der Waals surface area (Å²) in [5.41, 5.74) is 1.91. The molecule has 0 aromatic heterocycles.